The van der Waals surface area contributed by atoms with Gasteiger partial charge in [0.25, 0.3) is 0 Å². The third-order valence-corrected chi connectivity index (χ3v) is 5.18. The number of nitrogens with one attached hydrogen (secondary N) is 1. The maximum absolute atomic E-state index is 6.01. The van der Waals surface area contributed by atoms with Gasteiger partial charge in [-0.2, -0.15) is 0 Å². The first-order chi connectivity index (χ1) is 9.15. The van der Waals surface area contributed by atoms with Gasteiger partial charge in [-0.3, -0.25) is 0 Å². The summed E-state index contributed by atoms with van der Waals surface area (Å²) in [5.41, 5.74) is 1.12. The molecule has 1 aromatic heterocycles. The zero-order chi connectivity index (χ0) is 13.8. The number of halogens is 2. The minimum atomic E-state index is 0.196. The van der Waals surface area contributed by atoms with Gasteiger partial charge in [0.2, 0.25) is 0 Å². The van der Waals surface area contributed by atoms with E-state index in [1.165, 1.54) is 4.88 Å². The number of ether oxygens (including phenoxy) is 1. The molecule has 0 aliphatic heterocycles. The molecule has 1 aromatic carbocycles. The molecule has 1 heterocycles. The highest BCUT2D eigenvalue weighted by Gasteiger charge is 2.17. The molecule has 1 atom stereocenters. The highest BCUT2D eigenvalue weighted by molar-refractivity contribution is 9.10. The zero-order valence-corrected chi connectivity index (χ0v) is 13.9. The van der Waals surface area contributed by atoms with Gasteiger partial charge in [-0.05, 0) is 46.6 Å². The van der Waals surface area contributed by atoms with Gasteiger partial charge in [-0.25, -0.2) is 0 Å². The quantitative estimate of drug-likeness (QED) is 0.836. The fourth-order valence-electron chi connectivity index (χ4n) is 2.00. The highest BCUT2D eigenvalue weighted by atomic mass is 79.9. The van der Waals surface area contributed by atoms with Crippen molar-refractivity contribution in [2.24, 2.45) is 0 Å². The van der Waals surface area contributed by atoms with Crippen molar-refractivity contribution in [2.75, 3.05) is 14.2 Å². The van der Waals surface area contributed by atoms with Crippen molar-refractivity contribution in [3.05, 3.63) is 49.6 Å². The van der Waals surface area contributed by atoms with Crippen LogP contribution in [0.1, 0.15) is 16.5 Å². The van der Waals surface area contributed by atoms with Crippen molar-refractivity contribution in [1.29, 1.82) is 0 Å². The minimum Gasteiger partial charge on any atom is -0.496 e. The minimum absolute atomic E-state index is 0.196. The molecule has 0 bridgehead atoms. The molecular formula is C14H15BrClNOS. The van der Waals surface area contributed by atoms with Crippen LogP contribution in [0.3, 0.4) is 0 Å². The van der Waals surface area contributed by atoms with E-state index in [1.54, 1.807) is 18.4 Å². The van der Waals surface area contributed by atoms with Crippen molar-refractivity contribution < 1.29 is 4.74 Å². The number of hydrogen-bond acceptors (Lipinski definition) is 3. The summed E-state index contributed by atoms with van der Waals surface area (Å²) in [4.78, 5) is 1.32. The van der Waals surface area contributed by atoms with Crippen LogP contribution in [0.4, 0.5) is 0 Å². The lowest BCUT2D eigenvalue weighted by atomic mass is 10.0. The Morgan fingerprint density at radius 1 is 1.42 bits per heavy atom. The molecule has 19 heavy (non-hydrogen) atoms. The molecule has 0 radical (unpaired) electrons. The number of rotatable bonds is 5. The van der Waals surface area contributed by atoms with Crippen molar-refractivity contribution in [1.82, 2.24) is 5.32 Å². The summed E-state index contributed by atoms with van der Waals surface area (Å²) < 4.78 is 6.58. The molecule has 0 saturated carbocycles. The molecule has 0 amide bonds. The first-order valence-corrected chi connectivity index (χ1v) is 7.93. The van der Waals surface area contributed by atoms with E-state index in [1.807, 2.05) is 25.2 Å². The Labute approximate surface area is 130 Å². The lowest BCUT2D eigenvalue weighted by Gasteiger charge is -2.19. The van der Waals surface area contributed by atoms with Crippen LogP contribution in [-0.2, 0) is 6.42 Å². The molecule has 5 heteroatoms. The van der Waals surface area contributed by atoms with Crippen molar-refractivity contribution in [2.45, 2.75) is 12.5 Å². The molecule has 0 spiro atoms. The largest absolute Gasteiger partial charge is 0.496 e. The summed E-state index contributed by atoms with van der Waals surface area (Å²) in [6.07, 6.45) is 0.909. The third kappa shape index (κ3) is 3.51. The first-order valence-electron chi connectivity index (χ1n) is 5.88. The summed E-state index contributed by atoms with van der Waals surface area (Å²) >= 11 is 11.3. The van der Waals surface area contributed by atoms with Crippen LogP contribution in [0, 0.1) is 0 Å². The number of methoxy groups -OCH3 is 1. The molecule has 2 rings (SSSR count). The van der Waals surface area contributed by atoms with Gasteiger partial charge in [-0.15, -0.1) is 11.3 Å². The molecular weight excluding hydrogens is 346 g/mol. The number of thiophene rings is 1. The fourth-order valence-corrected chi connectivity index (χ4v) is 3.72. The van der Waals surface area contributed by atoms with E-state index < -0.39 is 0 Å². The molecule has 0 fully saturated rings. The van der Waals surface area contributed by atoms with Gasteiger partial charge in [0.15, 0.2) is 0 Å². The van der Waals surface area contributed by atoms with Crippen molar-refractivity contribution in [3.63, 3.8) is 0 Å². The first kappa shape index (κ1) is 14.9. The van der Waals surface area contributed by atoms with Crippen LogP contribution >= 0.6 is 38.9 Å². The molecule has 1 N–H and O–H groups in total. The number of hydrogen-bond donors (Lipinski definition) is 1. The second-order valence-corrected chi connectivity index (χ2v) is 6.41. The molecule has 2 nitrogen and oxygen atoms in total. The Bertz CT molecular complexity index is 558. The van der Waals surface area contributed by atoms with Crippen LogP contribution < -0.4 is 10.1 Å². The molecule has 102 valence electrons. The normalized spacial score (nSPS) is 12.4. The zero-order valence-electron chi connectivity index (χ0n) is 10.7. The number of benzene rings is 1. The van der Waals surface area contributed by atoms with E-state index in [0.29, 0.717) is 5.02 Å². The van der Waals surface area contributed by atoms with Gasteiger partial charge >= 0.3 is 0 Å². The highest BCUT2D eigenvalue weighted by Crippen LogP contribution is 2.33. The van der Waals surface area contributed by atoms with Gasteiger partial charge in [0, 0.05) is 32.4 Å². The van der Waals surface area contributed by atoms with Crippen molar-refractivity contribution in [3.8, 4) is 5.75 Å². The Balaban J connectivity index is 2.29. The summed E-state index contributed by atoms with van der Waals surface area (Å²) in [6.45, 7) is 0. The SMILES string of the molecule is CNC(Cc1sccc1Br)c1ccc(Cl)cc1OC. The van der Waals surface area contributed by atoms with Crippen molar-refractivity contribution >= 4 is 38.9 Å². The standard InChI is InChI=1S/C14H15BrClNOS/c1-17-12(8-14-11(15)5-6-19-14)10-4-3-9(16)7-13(10)18-2/h3-7,12,17H,8H2,1-2H3. The van der Waals surface area contributed by atoms with Gasteiger partial charge < -0.3 is 10.1 Å². The van der Waals surface area contributed by atoms with Gasteiger partial charge in [0.1, 0.15) is 5.75 Å². The molecule has 1 unspecified atom stereocenters. The van der Waals surface area contributed by atoms with Crippen LogP contribution in [0.15, 0.2) is 34.1 Å². The topological polar surface area (TPSA) is 21.3 Å². The maximum atomic E-state index is 6.01. The third-order valence-electron chi connectivity index (χ3n) is 3.00. The van der Waals surface area contributed by atoms with E-state index >= 15 is 0 Å². The summed E-state index contributed by atoms with van der Waals surface area (Å²) in [5, 5.41) is 6.12. The van der Waals surface area contributed by atoms with E-state index in [4.69, 9.17) is 16.3 Å². The molecule has 2 aromatic rings. The monoisotopic (exact) mass is 359 g/mol. The average molecular weight is 361 g/mol. The van der Waals surface area contributed by atoms with Crippen LogP contribution in [0.5, 0.6) is 5.75 Å². The average Bonchev–Trinajstić information content (AvgIpc) is 2.81. The Kier molecular flexibility index (Phi) is 5.28. The Morgan fingerprint density at radius 3 is 2.79 bits per heavy atom. The lowest BCUT2D eigenvalue weighted by Crippen LogP contribution is -2.19. The Morgan fingerprint density at radius 2 is 2.21 bits per heavy atom. The fraction of sp³-hybridized carbons (Fsp3) is 0.286. The van der Waals surface area contributed by atoms with E-state index in [0.717, 1.165) is 22.2 Å². The maximum Gasteiger partial charge on any atom is 0.125 e. The molecule has 0 aliphatic rings. The molecule has 0 aliphatic carbocycles. The molecule has 0 saturated heterocycles. The second-order valence-electron chi connectivity index (χ2n) is 4.12. The number of likely N-dealkylation sites (N-methyl/N-ethyl adjacent to an activating group) is 1. The van der Waals surface area contributed by atoms with E-state index in [-0.39, 0.29) is 6.04 Å². The van der Waals surface area contributed by atoms with Crippen LogP contribution in [0.2, 0.25) is 5.02 Å². The van der Waals surface area contributed by atoms with Gasteiger partial charge in [-0.1, -0.05) is 17.7 Å². The summed E-state index contributed by atoms with van der Waals surface area (Å²) in [7, 11) is 3.63. The van der Waals surface area contributed by atoms with Crippen LogP contribution in [0.25, 0.3) is 0 Å². The van der Waals surface area contributed by atoms with E-state index in [9.17, 15) is 0 Å². The summed E-state index contributed by atoms with van der Waals surface area (Å²) in [6, 6.07) is 8.04. The van der Waals surface area contributed by atoms with Gasteiger partial charge in [0.05, 0.1) is 7.11 Å². The predicted molar refractivity (Wildman–Crippen MR) is 85.5 cm³/mol. The smallest absolute Gasteiger partial charge is 0.125 e. The predicted octanol–water partition coefficient (Wildman–Crippen LogP) is 4.68. The summed E-state index contributed by atoms with van der Waals surface area (Å²) in [5.74, 6) is 0.819. The Hall–Kier alpha value is -0.550. The van der Waals surface area contributed by atoms with Crippen LogP contribution in [-0.4, -0.2) is 14.2 Å². The van der Waals surface area contributed by atoms with E-state index in [2.05, 4.69) is 32.7 Å². The second kappa shape index (κ2) is 6.75. The lowest BCUT2D eigenvalue weighted by molar-refractivity contribution is 0.401.